The Morgan fingerprint density at radius 2 is 1.92 bits per heavy atom. The van der Waals surface area contributed by atoms with Crippen molar-refractivity contribution < 1.29 is 18.7 Å². The molecule has 1 amide bonds. The average Bonchev–Trinajstić information content (AvgIpc) is 3.25. The van der Waals surface area contributed by atoms with Crippen LogP contribution in [0.3, 0.4) is 0 Å². The van der Waals surface area contributed by atoms with Crippen LogP contribution in [-0.2, 0) is 28.9 Å². The third-order valence-electron chi connectivity index (χ3n) is 6.09. The molecule has 3 heterocycles. The van der Waals surface area contributed by atoms with Crippen LogP contribution in [0.2, 0.25) is 0 Å². The summed E-state index contributed by atoms with van der Waals surface area (Å²) < 4.78 is 26.1. The van der Waals surface area contributed by atoms with Crippen LogP contribution in [0.1, 0.15) is 44.4 Å². The largest absolute Gasteiger partial charge is 0.494 e. The second kappa shape index (κ2) is 11.9. The summed E-state index contributed by atoms with van der Waals surface area (Å²) >= 11 is 0. The quantitative estimate of drug-likeness (QED) is 0.499. The number of methoxy groups -OCH3 is 2. The highest BCUT2D eigenvalue weighted by molar-refractivity contribution is 6.03. The van der Waals surface area contributed by atoms with Crippen molar-refractivity contribution in [3.63, 3.8) is 0 Å². The molecule has 9 nitrogen and oxygen atoms in total. The van der Waals surface area contributed by atoms with Crippen LogP contribution in [0, 0.1) is 12.7 Å². The molecule has 2 aromatic heterocycles. The second-order valence-electron chi connectivity index (χ2n) is 8.42. The third-order valence-corrected chi connectivity index (χ3v) is 6.09. The van der Waals surface area contributed by atoms with E-state index >= 15 is 0 Å². The number of nitrogens with zero attached hydrogens (tertiary/aromatic N) is 5. The molecule has 0 saturated carbocycles. The lowest BCUT2D eigenvalue weighted by molar-refractivity contribution is -0.120. The number of carbonyl (C=O) groups excluding carboxylic acids is 1. The molecule has 0 spiro atoms. The van der Waals surface area contributed by atoms with E-state index in [0.717, 1.165) is 16.8 Å². The number of ether oxygens (including phenoxy) is 2. The number of aromatic nitrogens is 4. The lowest BCUT2D eigenvalue weighted by Crippen LogP contribution is -2.53. The lowest BCUT2D eigenvalue weighted by Gasteiger charge is -2.37. The zero-order valence-electron chi connectivity index (χ0n) is 20.0. The first-order valence-corrected chi connectivity index (χ1v) is 11.1. The molecule has 36 heavy (non-hydrogen) atoms. The summed E-state index contributed by atoms with van der Waals surface area (Å²) in [6.45, 7) is 4.18. The van der Waals surface area contributed by atoms with E-state index in [2.05, 4.69) is 15.4 Å². The summed E-state index contributed by atoms with van der Waals surface area (Å²) in [5, 5.41) is 7.32. The number of hydrogen-bond acceptors (Lipinski definition) is 7. The summed E-state index contributed by atoms with van der Waals surface area (Å²) in [4.78, 5) is 23.8. The van der Waals surface area contributed by atoms with Gasteiger partial charge in [-0.15, -0.1) is 0 Å². The predicted molar refractivity (Wildman–Crippen MR) is 139 cm³/mol. The SMILES string of the molecule is C.C.COc1ccc(Cn2cc(CCc3nc(C)c4c(n3)N(C)[C@@H]([C@@H](C)OC)C(=O)N4)cn2)cc1F. The van der Waals surface area contributed by atoms with E-state index in [4.69, 9.17) is 14.5 Å². The highest BCUT2D eigenvalue weighted by Gasteiger charge is 2.37. The number of fused-ring (bicyclic) bond motifs is 1. The molecule has 1 aromatic carbocycles. The number of aryl methyl sites for hydroxylation is 3. The maximum Gasteiger partial charge on any atom is 0.249 e. The average molecular weight is 501 g/mol. The number of carbonyl (C=O) groups is 1. The number of amides is 1. The molecule has 0 fully saturated rings. The van der Waals surface area contributed by atoms with Crippen LogP contribution in [0.4, 0.5) is 15.9 Å². The van der Waals surface area contributed by atoms with Gasteiger partial charge >= 0.3 is 0 Å². The first-order chi connectivity index (χ1) is 16.3. The van der Waals surface area contributed by atoms with E-state index in [1.54, 1.807) is 24.1 Å². The maximum absolute atomic E-state index is 14.0. The van der Waals surface area contributed by atoms with Crippen LogP contribution < -0.4 is 15.0 Å². The molecule has 1 N–H and O–H groups in total. The zero-order chi connectivity index (χ0) is 24.4. The van der Waals surface area contributed by atoms with Crippen molar-refractivity contribution in [3.05, 3.63) is 59.1 Å². The van der Waals surface area contributed by atoms with Gasteiger partial charge in [0, 0.05) is 26.8 Å². The van der Waals surface area contributed by atoms with E-state index in [0.29, 0.717) is 36.7 Å². The summed E-state index contributed by atoms with van der Waals surface area (Å²) in [6, 6.07) is 4.42. The fourth-order valence-electron chi connectivity index (χ4n) is 4.16. The fraction of sp³-hybridized carbons (Fsp3) is 0.462. The van der Waals surface area contributed by atoms with E-state index in [1.807, 2.05) is 38.1 Å². The van der Waals surface area contributed by atoms with Gasteiger partial charge in [0.2, 0.25) is 5.91 Å². The highest BCUT2D eigenvalue weighted by atomic mass is 19.1. The Labute approximate surface area is 212 Å². The normalized spacial score (nSPS) is 15.3. The molecule has 2 atom stereocenters. The van der Waals surface area contributed by atoms with Crippen molar-refractivity contribution >= 4 is 17.4 Å². The van der Waals surface area contributed by atoms with Crippen LogP contribution >= 0.6 is 0 Å². The molecule has 0 bridgehead atoms. The number of likely N-dealkylation sites (N-methyl/N-ethyl adjacent to an activating group) is 1. The minimum Gasteiger partial charge on any atom is -0.494 e. The van der Waals surface area contributed by atoms with Gasteiger partial charge in [-0.05, 0) is 43.5 Å². The molecule has 196 valence electrons. The minimum atomic E-state index is -0.472. The van der Waals surface area contributed by atoms with Crippen molar-refractivity contribution in [1.82, 2.24) is 19.7 Å². The number of benzene rings is 1. The Morgan fingerprint density at radius 3 is 2.58 bits per heavy atom. The number of hydrogen-bond donors (Lipinski definition) is 1. The molecule has 10 heteroatoms. The van der Waals surface area contributed by atoms with Gasteiger partial charge in [0.1, 0.15) is 17.6 Å². The Balaban J connectivity index is 0.00000228. The molecule has 0 unspecified atom stereocenters. The Bertz CT molecular complexity index is 1200. The van der Waals surface area contributed by atoms with Crippen molar-refractivity contribution in [2.24, 2.45) is 0 Å². The van der Waals surface area contributed by atoms with Gasteiger partial charge in [-0.1, -0.05) is 20.9 Å². The molecule has 3 aromatic rings. The van der Waals surface area contributed by atoms with Crippen LogP contribution in [-0.4, -0.2) is 59.1 Å². The molecule has 1 aliphatic heterocycles. The first kappa shape index (κ1) is 28.7. The summed E-state index contributed by atoms with van der Waals surface area (Å²) in [7, 11) is 4.88. The van der Waals surface area contributed by atoms with Gasteiger partial charge in [0.05, 0.1) is 31.6 Å². The first-order valence-electron chi connectivity index (χ1n) is 11.1. The zero-order valence-corrected chi connectivity index (χ0v) is 20.0. The van der Waals surface area contributed by atoms with Gasteiger partial charge in [-0.3, -0.25) is 9.48 Å². The molecule has 1 aliphatic rings. The van der Waals surface area contributed by atoms with Gasteiger partial charge in [-0.25, -0.2) is 14.4 Å². The summed E-state index contributed by atoms with van der Waals surface area (Å²) in [5.41, 5.74) is 3.18. The van der Waals surface area contributed by atoms with Crippen LogP contribution in [0.25, 0.3) is 0 Å². The van der Waals surface area contributed by atoms with E-state index < -0.39 is 11.9 Å². The van der Waals surface area contributed by atoms with Crippen molar-refractivity contribution in [2.45, 2.75) is 60.2 Å². The van der Waals surface area contributed by atoms with Gasteiger partial charge in [0.25, 0.3) is 0 Å². The topological polar surface area (TPSA) is 94.4 Å². The Kier molecular flexibility index (Phi) is 9.52. The standard InChI is InChI=1S/C24H29FN6O3.2CH4/c1-14-21-23(30(3)22(15(2)33-4)24(32)29-21)28-20(27-14)9-7-17-11-26-31(13-17)12-16-6-8-19(34-5)18(25)10-16;;/h6,8,10-11,13,15,22H,7,9,12H2,1-5H3,(H,29,32);2*1H4/t15-,22+;;/m1../s1. The molecule has 0 saturated heterocycles. The summed E-state index contributed by atoms with van der Waals surface area (Å²) in [6.07, 6.45) is 4.76. The molecular formula is C26H37FN6O3. The van der Waals surface area contributed by atoms with Crippen molar-refractivity contribution in [3.8, 4) is 5.75 Å². The fourth-order valence-corrected chi connectivity index (χ4v) is 4.16. The van der Waals surface area contributed by atoms with Gasteiger partial charge in [-0.2, -0.15) is 5.10 Å². The molecule has 0 aliphatic carbocycles. The van der Waals surface area contributed by atoms with Crippen molar-refractivity contribution in [1.29, 1.82) is 0 Å². The van der Waals surface area contributed by atoms with E-state index in [-0.39, 0.29) is 32.6 Å². The Morgan fingerprint density at radius 1 is 1.17 bits per heavy atom. The smallest absolute Gasteiger partial charge is 0.249 e. The molecule has 4 rings (SSSR count). The highest BCUT2D eigenvalue weighted by Crippen LogP contribution is 2.32. The third kappa shape index (κ3) is 5.81. The predicted octanol–water partition coefficient (Wildman–Crippen LogP) is 4.03. The second-order valence-corrected chi connectivity index (χ2v) is 8.42. The molecule has 0 radical (unpaired) electrons. The summed E-state index contributed by atoms with van der Waals surface area (Å²) in [5.74, 6) is 1.07. The minimum absolute atomic E-state index is 0. The number of nitrogens with one attached hydrogen (secondary N) is 1. The number of rotatable bonds is 8. The lowest BCUT2D eigenvalue weighted by atomic mass is 10.1. The van der Waals surface area contributed by atoms with Crippen LogP contribution in [0.5, 0.6) is 5.75 Å². The van der Waals surface area contributed by atoms with E-state index in [9.17, 15) is 9.18 Å². The maximum atomic E-state index is 14.0. The van der Waals surface area contributed by atoms with Crippen LogP contribution in [0.15, 0.2) is 30.6 Å². The monoisotopic (exact) mass is 500 g/mol. The van der Waals surface area contributed by atoms with E-state index in [1.165, 1.54) is 13.2 Å². The Hall–Kier alpha value is -3.53. The van der Waals surface area contributed by atoms with Gasteiger partial charge in [0.15, 0.2) is 17.4 Å². The number of anilines is 2. The number of halogens is 1. The molecular weight excluding hydrogens is 463 g/mol. The van der Waals surface area contributed by atoms with Gasteiger partial charge < -0.3 is 19.7 Å². The van der Waals surface area contributed by atoms with Crippen molar-refractivity contribution in [2.75, 3.05) is 31.5 Å².